The second-order valence-corrected chi connectivity index (χ2v) is 5.61. The smallest absolute Gasteiger partial charge is 0.148 e. The van der Waals surface area contributed by atoms with Crippen LogP contribution in [0.4, 0.5) is 8.78 Å². The Kier molecular flexibility index (Phi) is 3.77. The summed E-state index contributed by atoms with van der Waals surface area (Å²) in [6, 6.07) is 1.60. The zero-order valence-electron chi connectivity index (χ0n) is 12.0. The summed E-state index contributed by atoms with van der Waals surface area (Å²) < 4.78 is 33.0. The molecule has 0 bridgehead atoms. The highest BCUT2D eigenvalue weighted by Gasteiger charge is 2.44. The fraction of sp³-hybridized carbons (Fsp3) is 0.533. The lowest BCUT2D eigenvalue weighted by Crippen LogP contribution is -2.46. The number of ketones is 1. The van der Waals surface area contributed by atoms with Crippen molar-refractivity contribution in [2.75, 3.05) is 13.7 Å². The third kappa shape index (κ3) is 2.37. The van der Waals surface area contributed by atoms with Crippen LogP contribution < -0.4 is 5.43 Å². The molecule has 1 fully saturated rings. The summed E-state index contributed by atoms with van der Waals surface area (Å²) in [6.45, 7) is 2.21. The van der Waals surface area contributed by atoms with E-state index in [-0.39, 0.29) is 24.0 Å². The summed E-state index contributed by atoms with van der Waals surface area (Å²) in [5, 5.41) is 1.81. The van der Waals surface area contributed by atoms with Gasteiger partial charge in [-0.25, -0.2) is 13.8 Å². The maximum Gasteiger partial charge on any atom is 0.148 e. The Bertz CT molecular complexity index is 579. The van der Waals surface area contributed by atoms with Crippen LogP contribution in [0.2, 0.25) is 0 Å². The molecule has 1 aliphatic carbocycles. The second kappa shape index (κ2) is 5.44. The summed E-state index contributed by atoms with van der Waals surface area (Å²) in [5.41, 5.74) is 4.21. The quantitative estimate of drug-likeness (QED) is 0.922. The molecule has 0 radical (unpaired) electrons. The number of hydrogen-bond donors (Lipinski definition) is 1. The summed E-state index contributed by atoms with van der Waals surface area (Å²) in [7, 11) is 1.55. The highest BCUT2D eigenvalue weighted by Crippen LogP contribution is 2.40. The molecule has 2 aliphatic rings. The molecule has 3 atom stereocenters. The molecule has 3 rings (SSSR count). The maximum absolute atomic E-state index is 14.0. The van der Waals surface area contributed by atoms with Crippen molar-refractivity contribution >= 4 is 5.78 Å². The Morgan fingerprint density at radius 3 is 2.86 bits per heavy atom. The number of hydrazine groups is 1. The molecular weight excluding hydrogens is 278 g/mol. The Labute approximate surface area is 122 Å². The van der Waals surface area contributed by atoms with E-state index in [1.807, 2.05) is 0 Å². The topological polar surface area (TPSA) is 41.6 Å². The number of carbonyl (C=O) groups excluding carboxylic acids is 1. The van der Waals surface area contributed by atoms with Crippen molar-refractivity contribution < 1.29 is 18.3 Å². The Balaban J connectivity index is 2.03. The number of Topliss-reactive ketones (excluding diaryl/α,β-unsaturated/α-hetero) is 1. The third-order valence-electron chi connectivity index (χ3n) is 4.39. The van der Waals surface area contributed by atoms with Gasteiger partial charge >= 0.3 is 0 Å². The number of halogens is 2. The fourth-order valence-corrected chi connectivity index (χ4v) is 3.43. The number of nitrogens with one attached hydrogen (secondary N) is 1. The Hall–Kier alpha value is -1.37. The van der Waals surface area contributed by atoms with Gasteiger partial charge in [0.2, 0.25) is 0 Å². The van der Waals surface area contributed by atoms with E-state index in [1.165, 1.54) is 13.0 Å². The lowest BCUT2D eigenvalue weighted by molar-refractivity contribution is -0.124. The van der Waals surface area contributed by atoms with Crippen LogP contribution in [0.15, 0.2) is 12.1 Å². The zero-order valence-corrected chi connectivity index (χ0v) is 12.0. The first-order valence-electron chi connectivity index (χ1n) is 7.06. The van der Waals surface area contributed by atoms with Gasteiger partial charge in [0.25, 0.3) is 0 Å². The van der Waals surface area contributed by atoms with Gasteiger partial charge in [-0.1, -0.05) is 0 Å². The van der Waals surface area contributed by atoms with E-state index in [0.29, 0.717) is 30.5 Å². The van der Waals surface area contributed by atoms with Crippen LogP contribution in [0.1, 0.15) is 30.5 Å². The molecule has 1 saturated heterocycles. The van der Waals surface area contributed by atoms with Gasteiger partial charge in [0.15, 0.2) is 0 Å². The number of fused-ring (bicyclic) bond motifs is 1. The molecule has 1 aromatic carbocycles. The largest absolute Gasteiger partial charge is 0.379 e. The van der Waals surface area contributed by atoms with Crippen molar-refractivity contribution in [1.29, 1.82) is 0 Å². The predicted octanol–water partition coefficient (Wildman–Crippen LogP) is 1.74. The minimum absolute atomic E-state index is 0.0418. The number of methoxy groups -OCH3 is 1. The van der Waals surface area contributed by atoms with E-state index < -0.39 is 11.6 Å². The van der Waals surface area contributed by atoms with Crippen LogP contribution in [0.5, 0.6) is 0 Å². The molecule has 1 aliphatic heterocycles. The van der Waals surface area contributed by atoms with E-state index >= 15 is 0 Å². The summed E-state index contributed by atoms with van der Waals surface area (Å²) in [6.07, 6.45) is 0.768. The number of nitrogens with zero attached hydrogens (tertiary/aromatic N) is 1. The van der Waals surface area contributed by atoms with Crippen LogP contribution in [-0.4, -0.2) is 36.6 Å². The molecule has 21 heavy (non-hydrogen) atoms. The molecule has 0 saturated carbocycles. The van der Waals surface area contributed by atoms with Crippen LogP contribution in [0, 0.1) is 11.6 Å². The standard InChI is InChI=1S/C15H18F2N2O2/c1-8(20)13-3-4-18-19(13)15-11-5-9(16)6-12(17)10(11)7-14(15)21-2/h5-6,13-15,18H,3-4,7H2,1-2H3/t13?,14-,15-/m1/s1. The van der Waals surface area contributed by atoms with E-state index in [4.69, 9.17) is 4.74 Å². The molecule has 1 unspecified atom stereocenters. The minimum Gasteiger partial charge on any atom is -0.379 e. The lowest BCUT2D eigenvalue weighted by Gasteiger charge is -2.32. The van der Waals surface area contributed by atoms with Gasteiger partial charge in [-0.15, -0.1) is 0 Å². The molecule has 1 aromatic rings. The molecule has 6 heteroatoms. The van der Waals surface area contributed by atoms with Gasteiger partial charge in [0.1, 0.15) is 17.4 Å². The van der Waals surface area contributed by atoms with Gasteiger partial charge in [-0.2, -0.15) is 0 Å². The van der Waals surface area contributed by atoms with Gasteiger partial charge in [-0.3, -0.25) is 10.2 Å². The fourth-order valence-electron chi connectivity index (χ4n) is 3.43. The normalized spacial score (nSPS) is 28.9. The average molecular weight is 296 g/mol. The van der Waals surface area contributed by atoms with Crippen molar-refractivity contribution in [1.82, 2.24) is 10.4 Å². The van der Waals surface area contributed by atoms with Gasteiger partial charge in [0.05, 0.1) is 18.2 Å². The van der Waals surface area contributed by atoms with Crippen molar-refractivity contribution in [3.8, 4) is 0 Å². The molecule has 0 amide bonds. The maximum atomic E-state index is 14.0. The summed E-state index contributed by atoms with van der Waals surface area (Å²) in [5.74, 6) is -1.11. The van der Waals surface area contributed by atoms with E-state index in [0.717, 1.165) is 6.07 Å². The molecule has 1 heterocycles. The van der Waals surface area contributed by atoms with Gasteiger partial charge in [-0.05, 0) is 30.5 Å². The zero-order chi connectivity index (χ0) is 15.1. The monoisotopic (exact) mass is 296 g/mol. The SMILES string of the molecule is CO[C@@H]1Cc2c(F)cc(F)cc2[C@H]1N1NCCC1C(C)=O. The van der Waals surface area contributed by atoms with Crippen LogP contribution in [0.25, 0.3) is 0 Å². The van der Waals surface area contributed by atoms with Crippen LogP contribution in [-0.2, 0) is 16.0 Å². The number of rotatable bonds is 3. The minimum atomic E-state index is -0.605. The van der Waals surface area contributed by atoms with Crippen molar-refractivity contribution in [3.05, 3.63) is 34.9 Å². The number of benzene rings is 1. The molecule has 0 aromatic heterocycles. The van der Waals surface area contributed by atoms with Gasteiger partial charge in [0, 0.05) is 26.1 Å². The number of carbonyl (C=O) groups is 1. The van der Waals surface area contributed by atoms with E-state index in [2.05, 4.69) is 5.43 Å². The van der Waals surface area contributed by atoms with Crippen LogP contribution in [0.3, 0.4) is 0 Å². The third-order valence-corrected chi connectivity index (χ3v) is 4.39. The molecule has 4 nitrogen and oxygen atoms in total. The molecular formula is C15H18F2N2O2. The lowest BCUT2D eigenvalue weighted by atomic mass is 10.0. The number of hydrogen-bond acceptors (Lipinski definition) is 4. The highest BCUT2D eigenvalue weighted by molar-refractivity contribution is 5.81. The molecule has 114 valence electrons. The van der Waals surface area contributed by atoms with Crippen molar-refractivity contribution in [2.45, 2.75) is 38.0 Å². The molecule has 1 N–H and O–H groups in total. The summed E-state index contributed by atoms with van der Waals surface area (Å²) >= 11 is 0. The Morgan fingerprint density at radius 1 is 1.43 bits per heavy atom. The molecule has 0 spiro atoms. The summed E-state index contributed by atoms with van der Waals surface area (Å²) in [4.78, 5) is 11.8. The first kappa shape index (κ1) is 14.6. The highest BCUT2D eigenvalue weighted by atomic mass is 19.1. The predicted molar refractivity (Wildman–Crippen MR) is 72.5 cm³/mol. The van der Waals surface area contributed by atoms with Crippen LogP contribution >= 0.6 is 0 Å². The van der Waals surface area contributed by atoms with Gasteiger partial charge < -0.3 is 4.74 Å². The Morgan fingerprint density at radius 2 is 2.19 bits per heavy atom. The van der Waals surface area contributed by atoms with E-state index in [1.54, 1.807) is 12.1 Å². The average Bonchev–Trinajstić information content (AvgIpc) is 3.01. The van der Waals surface area contributed by atoms with Crippen molar-refractivity contribution in [2.24, 2.45) is 0 Å². The van der Waals surface area contributed by atoms with E-state index in [9.17, 15) is 13.6 Å². The second-order valence-electron chi connectivity index (χ2n) is 5.61. The number of ether oxygens (including phenoxy) is 1. The first-order chi connectivity index (χ1) is 10.0. The van der Waals surface area contributed by atoms with Crippen molar-refractivity contribution in [3.63, 3.8) is 0 Å². The first-order valence-corrected chi connectivity index (χ1v) is 7.06.